The van der Waals surface area contributed by atoms with E-state index in [1.54, 1.807) is 0 Å². The van der Waals surface area contributed by atoms with Gasteiger partial charge in [-0.3, -0.25) is 4.79 Å². The van der Waals surface area contributed by atoms with E-state index in [0.717, 1.165) is 29.5 Å². The third kappa shape index (κ3) is 2.09. The fourth-order valence-corrected chi connectivity index (χ4v) is 2.22. The lowest BCUT2D eigenvalue weighted by atomic mass is 9.80. The maximum Gasteiger partial charge on any atom is 0.223 e. The Bertz CT molecular complexity index is 572. The zero-order chi connectivity index (χ0) is 12.5. The third-order valence-corrected chi connectivity index (χ3v) is 3.41. The molecule has 1 saturated carbocycles. The number of aromatic nitrogens is 1. The first-order chi connectivity index (χ1) is 8.72. The minimum Gasteiger partial charge on any atom is -0.443 e. The molecule has 1 fully saturated rings. The lowest BCUT2D eigenvalue weighted by molar-refractivity contribution is -0.128. The van der Waals surface area contributed by atoms with E-state index in [1.165, 1.54) is 6.39 Å². The molecule has 0 spiro atoms. The number of hydrogen-bond donors (Lipinski definition) is 2. The normalized spacial score (nSPS) is 22.7. The first-order valence-electron chi connectivity index (χ1n) is 6.08. The molecular weight excluding hydrogens is 230 g/mol. The summed E-state index contributed by atoms with van der Waals surface area (Å²) in [5.41, 5.74) is 8.25. The highest BCUT2D eigenvalue weighted by Crippen LogP contribution is 2.25. The Morgan fingerprint density at radius 2 is 2.33 bits per heavy atom. The van der Waals surface area contributed by atoms with Gasteiger partial charge >= 0.3 is 0 Å². The smallest absolute Gasteiger partial charge is 0.223 e. The summed E-state index contributed by atoms with van der Waals surface area (Å²) in [5, 5.41) is 2.92. The van der Waals surface area contributed by atoms with Crippen LogP contribution in [0, 0.1) is 5.92 Å². The standard InChI is InChI=1S/C13H15N3O2/c14-10-4-9(5-10)13(17)15-6-8-1-2-11-12(3-8)18-7-16-11/h1-3,7,9-10H,4-6,14H2,(H,15,17). The number of carbonyl (C=O) groups excluding carboxylic acids is 1. The number of hydrogen-bond acceptors (Lipinski definition) is 4. The predicted octanol–water partition coefficient (Wildman–Crippen LogP) is 1.18. The average molecular weight is 245 g/mol. The molecule has 1 aromatic carbocycles. The summed E-state index contributed by atoms with van der Waals surface area (Å²) in [5.74, 6) is 0.184. The molecule has 0 aliphatic heterocycles. The summed E-state index contributed by atoms with van der Waals surface area (Å²) >= 11 is 0. The van der Waals surface area contributed by atoms with E-state index in [9.17, 15) is 4.79 Å². The maximum atomic E-state index is 11.8. The molecule has 1 aliphatic carbocycles. The van der Waals surface area contributed by atoms with Gasteiger partial charge < -0.3 is 15.5 Å². The van der Waals surface area contributed by atoms with Crippen molar-refractivity contribution in [1.29, 1.82) is 0 Å². The molecule has 1 aromatic heterocycles. The van der Waals surface area contributed by atoms with E-state index in [0.29, 0.717) is 6.54 Å². The molecule has 2 aromatic rings. The number of benzene rings is 1. The molecule has 5 nitrogen and oxygen atoms in total. The van der Waals surface area contributed by atoms with Gasteiger partial charge in [0.2, 0.25) is 5.91 Å². The topological polar surface area (TPSA) is 81.2 Å². The van der Waals surface area contributed by atoms with Gasteiger partial charge in [0.15, 0.2) is 12.0 Å². The van der Waals surface area contributed by atoms with Crippen molar-refractivity contribution in [3.05, 3.63) is 30.2 Å². The number of nitrogens with one attached hydrogen (secondary N) is 1. The van der Waals surface area contributed by atoms with Gasteiger partial charge in [-0.05, 0) is 30.5 Å². The first-order valence-corrected chi connectivity index (χ1v) is 6.08. The van der Waals surface area contributed by atoms with Gasteiger partial charge in [-0.1, -0.05) is 6.07 Å². The van der Waals surface area contributed by atoms with E-state index in [2.05, 4.69) is 10.3 Å². The second-order valence-corrected chi connectivity index (χ2v) is 4.80. The highest BCUT2D eigenvalue weighted by Gasteiger charge is 2.31. The van der Waals surface area contributed by atoms with Crippen molar-refractivity contribution < 1.29 is 9.21 Å². The average Bonchev–Trinajstić information content (AvgIpc) is 2.79. The Kier molecular flexibility index (Phi) is 2.76. The van der Waals surface area contributed by atoms with Gasteiger partial charge in [0.05, 0.1) is 0 Å². The first kappa shape index (κ1) is 11.2. The van der Waals surface area contributed by atoms with Crippen molar-refractivity contribution in [2.45, 2.75) is 25.4 Å². The molecule has 18 heavy (non-hydrogen) atoms. The van der Waals surface area contributed by atoms with Gasteiger partial charge in [-0.2, -0.15) is 0 Å². The lowest BCUT2D eigenvalue weighted by Gasteiger charge is -2.31. The Morgan fingerprint density at radius 1 is 1.50 bits per heavy atom. The molecule has 0 bridgehead atoms. The molecule has 1 heterocycles. The molecule has 0 atom stereocenters. The van der Waals surface area contributed by atoms with E-state index < -0.39 is 0 Å². The lowest BCUT2D eigenvalue weighted by Crippen LogP contribution is -2.44. The number of carbonyl (C=O) groups is 1. The second kappa shape index (κ2) is 4.42. The molecule has 3 N–H and O–H groups in total. The monoisotopic (exact) mass is 245 g/mol. The van der Waals surface area contributed by atoms with Crippen molar-refractivity contribution in [3.8, 4) is 0 Å². The number of rotatable bonds is 3. The van der Waals surface area contributed by atoms with Crippen LogP contribution in [0.5, 0.6) is 0 Å². The van der Waals surface area contributed by atoms with Crippen molar-refractivity contribution in [3.63, 3.8) is 0 Å². The van der Waals surface area contributed by atoms with Crippen LogP contribution >= 0.6 is 0 Å². The predicted molar refractivity (Wildman–Crippen MR) is 66.6 cm³/mol. The van der Waals surface area contributed by atoms with E-state index in [1.807, 2.05) is 18.2 Å². The molecule has 0 saturated heterocycles. The van der Waals surface area contributed by atoms with Crippen LogP contribution in [-0.4, -0.2) is 16.9 Å². The van der Waals surface area contributed by atoms with Crippen LogP contribution in [0.25, 0.3) is 11.1 Å². The van der Waals surface area contributed by atoms with E-state index in [-0.39, 0.29) is 17.9 Å². The molecule has 1 amide bonds. The van der Waals surface area contributed by atoms with Crippen LogP contribution in [0.2, 0.25) is 0 Å². The molecule has 94 valence electrons. The molecule has 3 rings (SSSR count). The SMILES string of the molecule is NC1CC(C(=O)NCc2ccc3ncoc3c2)C1. The minimum absolute atomic E-state index is 0.0917. The van der Waals surface area contributed by atoms with Gasteiger partial charge in [0.1, 0.15) is 5.52 Å². The quantitative estimate of drug-likeness (QED) is 0.850. The van der Waals surface area contributed by atoms with Crippen LogP contribution in [0.4, 0.5) is 0 Å². The summed E-state index contributed by atoms with van der Waals surface area (Å²) in [7, 11) is 0. The van der Waals surface area contributed by atoms with Gasteiger partial charge in [-0.15, -0.1) is 0 Å². The summed E-state index contributed by atoms with van der Waals surface area (Å²) in [6, 6.07) is 5.93. The number of nitrogens with two attached hydrogens (primary N) is 1. The molecule has 0 unspecified atom stereocenters. The van der Waals surface area contributed by atoms with Crippen molar-refractivity contribution in [1.82, 2.24) is 10.3 Å². The van der Waals surface area contributed by atoms with Crippen molar-refractivity contribution >= 4 is 17.0 Å². The number of oxazole rings is 1. The summed E-state index contributed by atoms with van der Waals surface area (Å²) in [4.78, 5) is 15.8. The molecule has 1 aliphatic rings. The largest absolute Gasteiger partial charge is 0.443 e. The number of nitrogens with zero attached hydrogens (tertiary/aromatic N) is 1. The molecule has 0 radical (unpaired) electrons. The second-order valence-electron chi connectivity index (χ2n) is 4.80. The molecule has 5 heteroatoms. The highest BCUT2D eigenvalue weighted by atomic mass is 16.3. The Hall–Kier alpha value is -1.88. The fourth-order valence-electron chi connectivity index (χ4n) is 2.22. The maximum absolute atomic E-state index is 11.8. The van der Waals surface area contributed by atoms with Gasteiger partial charge in [-0.25, -0.2) is 4.98 Å². The summed E-state index contributed by atoms with van der Waals surface area (Å²) in [6.07, 6.45) is 3.02. The third-order valence-electron chi connectivity index (χ3n) is 3.41. The Balaban J connectivity index is 1.60. The Labute approximate surface area is 104 Å². The molecular formula is C13H15N3O2. The fraction of sp³-hybridized carbons (Fsp3) is 0.385. The Morgan fingerprint density at radius 3 is 3.11 bits per heavy atom. The van der Waals surface area contributed by atoms with E-state index >= 15 is 0 Å². The summed E-state index contributed by atoms with van der Waals surface area (Å²) < 4.78 is 5.22. The van der Waals surface area contributed by atoms with E-state index in [4.69, 9.17) is 10.2 Å². The van der Waals surface area contributed by atoms with Gasteiger partial charge in [0.25, 0.3) is 0 Å². The van der Waals surface area contributed by atoms with Crippen LogP contribution in [0.3, 0.4) is 0 Å². The summed E-state index contributed by atoms with van der Waals surface area (Å²) in [6.45, 7) is 0.515. The highest BCUT2D eigenvalue weighted by molar-refractivity contribution is 5.80. The zero-order valence-electron chi connectivity index (χ0n) is 9.93. The number of fused-ring (bicyclic) bond motifs is 1. The number of amides is 1. The van der Waals surface area contributed by atoms with Gasteiger partial charge in [0, 0.05) is 18.5 Å². The van der Waals surface area contributed by atoms with Crippen molar-refractivity contribution in [2.75, 3.05) is 0 Å². The van der Waals surface area contributed by atoms with Crippen LogP contribution in [-0.2, 0) is 11.3 Å². The van der Waals surface area contributed by atoms with Crippen LogP contribution in [0.15, 0.2) is 29.0 Å². The zero-order valence-corrected chi connectivity index (χ0v) is 9.93. The van der Waals surface area contributed by atoms with Crippen LogP contribution in [0.1, 0.15) is 18.4 Å². The minimum atomic E-state index is 0.0917. The van der Waals surface area contributed by atoms with Crippen LogP contribution < -0.4 is 11.1 Å². The van der Waals surface area contributed by atoms with Crippen molar-refractivity contribution in [2.24, 2.45) is 11.7 Å².